The number of hydrogen-bond acceptors (Lipinski definition) is 11. The summed E-state index contributed by atoms with van der Waals surface area (Å²) in [5.74, 6) is 2.95. The predicted octanol–water partition coefficient (Wildman–Crippen LogP) is -2.06. The molecule has 0 spiro atoms. The highest BCUT2D eigenvalue weighted by molar-refractivity contribution is 5.92. The van der Waals surface area contributed by atoms with Gasteiger partial charge in [-0.2, -0.15) is 0 Å². The summed E-state index contributed by atoms with van der Waals surface area (Å²) < 4.78 is 15.0. The fraction of sp³-hybridized carbons (Fsp3) is 0.471. The lowest BCUT2D eigenvalue weighted by Gasteiger charge is -2.38. The van der Waals surface area contributed by atoms with E-state index in [4.69, 9.17) is 25.5 Å². The minimum atomic E-state index is -1.90. The zero-order valence-corrected chi connectivity index (χ0v) is 16.0. The van der Waals surface area contributed by atoms with Gasteiger partial charge in [-0.15, -0.1) is 0 Å². The molecule has 0 bridgehead atoms. The molecule has 14 heteroatoms. The van der Waals surface area contributed by atoms with Crippen molar-refractivity contribution < 1.29 is 54.1 Å². The van der Waals surface area contributed by atoms with Gasteiger partial charge in [-0.3, -0.25) is 16.1 Å². The number of carboxylic acids is 1. The van der Waals surface area contributed by atoms with Gasteiger partial charge in [0, 0.05) is 13.0 Å². The van der Waals surface area contributed by atoms with Crippen LogP contribution in [0.1, 0.15) is 12.0 Å². The lowest BCUT2D eigenvalue weighted by atomic mass is 9.99. The molecule has 1 aromatic carbocycles. The van der Waals surface area contributed by atoms with Crippen LogP contribution in [-0.2, 0) is 25.7 Å². The number of carboxylic acid groups (broad SMARTS) is 2. The lowest BCUT2D eigenvalue weighted by molar-refractivity contribution is -0.271. The number of carbonyl (C=O) groups is 3. The third kappa shape index (κ3) is 6.48. The van der Waals surface area contributed by atoms with Crippen molar-refractivity contribution in [3.63, 3.8) is 0 Å². The molecule has 2 rings (SSSR count). The Kier molecular flexibility index (Phi) is 8.49. The van der Waals surface area contributed by atoms with Crippen molar-refractivity contribution >= 4 is 23.7 Å². The standard InChI is InChI=1S/C17H23N3O11/c18-19-4-3-10(21)20-8-5-7(6-29-17(27)28)1-2-9(8)30-16-13(24)11(22)12(23)14(31-16)15(25)26/h1-2,5,11-14,16,19,22-24H,3-4,6,18H2,(H,20,21)(H,25,26)(H,27,28). The third-order valence-corrected chi connectivity index (χ3v) is 4.23. The number of carbonyl (C=O) groups excluding carboxylic acids is 1. The van der Waals surface area contributed by atoms with Gasteiger partial charge in [-0.05, 0) is 17.7 Å². The molecule has 5 atom stereocenters. The van der Waals surface area contributed by atoms with Gasteiger partial charge in [0.05, 0.1) is 5.69 Å². The highest BCUT2D eigenvalue weighted by atomic mass is 16.7. The molecule has 172 valence electrons. The monoisotopic (exact) mass is 445 g/mol. The number of ether oxygens (including phenoxy) is 3. The Labute approximate surface area is 175 Å². The summed E-state index contributed by atoms with van der Waals surface area (Å²) >= 11 is 0. The molecule has 31 heavy (non-hydrogen) atoms. The van der Waals surface area contributed by atoms with Crippen molar-refractivity contribution in [2.75, 3.05) is 11.9 Å². The summed E-state index contributed by atoms with van der Waals surface area (Å²) in [6.45, 7) is -0.184. The van der Waals surface area contributed by atoms with E-state index in [1.54, 1.807) is 0 Å². The minimum absolute atomic E-state index is 0.0248. The zero-order valence-electron chi connectivity index (χ0n) is 16.0. The van der Waals surface area contributed by atoms with Crippen molar-refractivity contribution in [3.05, 3.63) is 23.8 Å². The summed E-state index contributed by atoms with van der Waals surface area (Å²) in [4.78, 5) is 33.9. The maximum Gasteiger partial charge on any atom is 0.506 e. The van der Waals surface area contributed by atoms with Gasteiger partial charge in [0.1, 0.15) is 30.7 Å². The summed E-state index contributed by atoms with van der Waals surface area (Å²) in [5, 5.41) is 50.0. The van der Waals surface area contributed by atoms with E-state index in [1.165, 1.54) is 18.2 Å². The van der Waals surface area contributed by atoms with Crippen LogP contribution >= 0.6 is 0 Å². The van der Waals surface area contributed by atoms with Crippen LogP contribution in [0.4, 0.5) is 10.5 Å². The van der Waals surface area contributed by atoms with E-state index in [0.717, 1.165) is 0 Å². The van der Waals surface area contributed by atoms with Crippen LogP contribution in [0.15, 0.2) is 18.2 Å². The number of nitrogens with two attached hydrogens (primary N) is 1. The fourth-order valence-corrected chi connectivity index (χ4v) is 2.69. The molecule has 5 unspecified atom stereocenters. The van der Waals surface area contributed by atoms with E-state index < -0.39 is 48.7 Å². The van der Waals surface area contributed by atoms with Gasteiger partial charge in [-0.25, -0.2) is 9.59 Å². The number of nitrogens with one attached hydrogen (secondary N) is 2. The zero-order chi connectivity index (χ0) is 23.1. The average Bonchev–Trinajstić information content (AvgIpc) is 2.72. The van der Waals surface area contributed by atoms with Crippen molar-refractivity contribution in [1.29, 1.82) is 0 Å². The van der Waals surface area contributed by atoms with Crippen molar-refractivity contribution in [3.8, 4) is 5.75 Å². The molecule has 1 fully saturated rings. The maximum absolute atomic E-state index is 12.1. The Morgan fingerprint density at radius 1 is 1.10 bits per heavy atom. The second kappa shape index (κ2) is 10.9. The largest absolute Gasteiger partial charge is 0.506 e. The molecule has 1 heterocycles. The second-order valence-corrected chi connectivity index (χ2v) is 6.49. The lowest BCUT2D eigenvalue weighted by Crippen LogP contribution is -2.61. The Morgan fingerprint density at radius 2 is 1.81 bits per heavy atom. The van der Waals surface area contributed by atoms with Crippen molar-refractivity contribution in [1.82, 2.24) is 5.43 Å². The number of benzene rings is 1. The molecule has 0 radical (unpaired) electrons. The van der Waals surface area contributed by atoms with Crippen molar-refractivity contribution in [2.45, 2.75) is 43.7 Å². The highest BCUT2D eigenvalue weighted by Crippen LogP contribution is 2.31. The van der Waals surface area contributed by atoms with Crippen LogP contribution in [0.3, 0.4) is 0 Å². The van der Waals surface area contributed by atoms with E-state index in [9.17, 15) is 29.7 Å². The first kappa shape index (κ1) is 24.3. The molecule has 9 N–H and O–H groups in total. The predicted molar refractivity (Wildman–Crippen MR) is 99.6 cm³/mol. The first-order valence-electron chi connectivity index (χ1n) is 8.95. The highest BCUT2D eigenvalue weighted by Gasteiger charge is 2.48. The van der Waals surface area contributed by atoms with Gasteiger partial charge in [-0.1, -0.05) is 6.07 Å². The van der Waals surface area contributed by atoms with Crippen LogP contribution in [0.25, 0.3) is 0 Å². The molecule has 0 aliphatic carbocycles. The van der Waals surface area contributed by atoms with Gasteiger partial charge in [0.15, 0.2) is 6.10 Å². The van der Waals surface area contributed by atoms with Gasteiger partial charge in [0.25, 0.3) is 0 Å². The van der Waals surface area contributed by atoms with Crippen LogP contribution < -0.4 is 21.3 Å². The maximum atomic E-state index is 12.1. The van der Waals surface area contributed by atoms with E-state index in [2.05, 4.69) is 15.5 Å². The molecular formula is C17H23N3O11. The number of amides is 1. The van der Waals surface area contributed by atoms with Crippen LogP contribution in [-0.4, -0.2) is 80.8 Å². The van der Waals surface area contributed by atoms with Gasteiger partial charge in [0.2, 0.25) is 12.2 Å². The van der Waals surface area contributed by atoms with Gasteiger partial charge < -0.3 is 45.1 Å². The summed E-state index contributed by atoms with van der Waals surface area (Å²) in [6.07, 6.45) is -10.7. The SMILES string of the molecule is NNCCC(=O)Nc1cc(COC(=O)O)ccc1OC1OC(C(=O)O)C(O)C(O)C1O. The molecule has 0 aromatic heterocycles. The first-order valence-corrected chi connectivity index (χ1v) is 8.95. The van der Waals surface area contributed by atoms with Gasteiger partial charge >= 0.3 is 12.1 Å². The molecule has 1 aliphatic rings. The summed E-state index contributed by atoms with van der Waals surface area (Å²) in [6, 6.07) is 4.02. The molecule has 0 saturated carbocycles. The number of anilines is 1. The van der Waals surface area contributed by atoms with E-state index in [-0.39, 0.29) is 31.0 Å². The molecular weight excluding hydrogens is 422 g/mol. The number of aliphatic hydroxyl groups excluding tert-OH is 3. The normalized spacial score (nSPS) is 25.5. The second-order valence-electron chi connectivity index (χ2n) is 6.49. The number of aliphatic hydroxyl groups is 3. The Balaban J connectivity index is 2.26. The number of hydrogen-bond donors (Lipinski definition) is 8. The molecule has 1 aromatic rings. The van der Waals surface area contributed by atoms with Crippen molar-refractivity contribution in [2.24, 2.45) is 5.84 Å². The minimum Gasteiger partial charge on any atom is -0.479 e. The van der Waals surface area contributed by atoms with E-state index in [1.807, 2.05) is 0 Å². The van der Waals surface area contributed by atoms with E-state index >= 15 is 0 Å². The fourth-order valence-electron chi connectivity index (χ4n) is 2.69. The Hall–Kier alpha value is -3.01. The van der Waals surface area contributed by atoms with Crippen LogP contribution in [0, 0.1) is 0 Å². The smallest absolute Gasteiger partial charge is 0.479 e. The first-order chi connectivity index (χ1) is 14.6. The summed E-state index contributed by atoms with van der Waals surface area (Å²) in [7, 11) is 0. The molecule has 1 aliphatic heterocycles. The quantitative estimate of drug-likeness (QED) is 0.116. The number of rotatable bonds is 9. The number of aliphatic carboxylic acids is 1. The van der Waals surface area contributed by atoms with Crippen LogP contribution in [0.5, 0.6) is 5.75 Å². The Morgan fingerprint density at radius 3 is 2.42 bits per heavy atom. The van der Waals surface area contributed by atoms with E-state index in [0.29, 0.717) is 5.56 Å². The molecule has 1 saturated heterocycles. The third-order valence-electron chi connectivity index (χ3n) is 4.23. The summed E-state index contributed by atoms with van der Waals surface area (Å²) in [5.41, 5.74) is 2.67. The number of hydrazine groups is 1. The molecule has 1 amide bonds. The topological polar surface area (TPSA) is 230 Å². The Bertz CT molecular complexity index is 806. The van der Waals surface area contributed by atoms with Crippen LogP contribution in [0.2, 0.25) is 0 Å². The molecule has 14 nitrogen and oxygen atoms in total. The average molecular weight is 445 g/mol.